The summed E-state index contributed by atoms with van der Waals surface area (Å²) in [6.07, 6.45) is -0.401. The number of aliphatic hydroxyl groups excluding tert-OH is 1. The van der Waals surface area contributed by atoms with Gasteiger partial charge >= 0.3 is 66.9 Å². The third-order valence-electron chi connectivity index (χ3n) is 0.565. The second kappa shape index (κ2) is 9.62. The predicted octanol–water partition coefficient (Wildman–Crippen LogP) is -5.29. The molecule has 8 heteroatoms. The van der Waals surface area contributed by atoms with E-state index < -0.39 is 20.7 Å². The first-order valence-electron chi connectivity index (χ1n) is 2.74. The van der Waals surface area contributed by atoms with E-state index in [4.69, 9.17) is 10.00 Å². The molecule has 0 bridgehead atoms. The first-order chi connectivity index (χ1) is 4.48. The minimum Gasteiger partial charge on any atom is -1.00 e. The van der Waals surface area contributed by atoms with E-state index in [1.54, 1.807) is 13.8 Å². The van der Waals surface area contributed by atoms with Crippen LogP contribution in [0.4, 0.5) is 0 Å². The fraction of sp³-hybridized carbons (Fsp3) is 1.00. The molecule has 12 heavy (non-hydrogen) atoms. The van der Waals surface area contributed by atoms with Crippen molar-refractivity contribution in [2.75, 3.05) is 6.79 Å². The molecule has 2 N–H and O–H groups in total. The van der Waals surface area contributed by atoms with Crippen LogP contribution < -0.4 is 59.1 Å². The molecule has 0 saturated carbocycles. The van der Waals surface area contributed by atoms with E-state index in [1.165, 1.54) is 0 Å². The van der Waals surface area contributed by atoms with Gasteiger partial charge in [-0.2, -0.15) is 0 Å². The van der Waals surface area contributed by atoms with E-state index in [0.717, 1.165) is 0 Å². The van der Waals surface area contributed by atoms with Crippen LogP contribution in [0, 0.1) is 0 Å². The molecule has 66 valence electrons. The second-order valence-electron chi connectivity index (χ2n) is 1.88. The maximum atomic E-state index is 10.6. The van der Waals surface area contributed by atoms with Crippen LogP contribution in [0.15, 0.2) is 0 Å². The smallest absolute Gasteiger partial charge is 1.00 e. The minimum absolute atomic E-state index is 0. The van der Waals surface area contributed by atoms with Gasteiger partial charge in [0, 0.05) is 0 Å². The third kappa shape index (κ3) is 12.1. The van der Waals surface area contributed by atoms with Crippen molar-refractivity contribution in [2.45, 2.75) is 20.0 Å². The van der Waals surface area contributed by atoms with Crippen molar-refractivity contribution in [3.63, 3.8) is 0 Å². The van der Waals surface area contributed by atoms with Crippen molar-refractivity contribution < 1.29 is 85.6 Å². The van der Waals surface area contributed by atoms with Crippen LogP contribution in [-0.4, -0.2) is 22.9 Å². The molecule has 0 heterocycles. The van der Waals surface area contributed by atoms with E-state index in [0.29, 0.717) is 0 Å². The van der Waals surface area contributed by atoms with Crippen molar-refractivity contribution in [2.24, 2.45) is 0 Å². The molecule has 5 nitrogen and oxygen atoms in total. The fourth-order valence-corrected chi connectivity index (χ4v) is 1.11. The summed E-state index contributed by atoms with van der Waals surface area (Å²) in [5, 5.41) is 8.08. The Morgan fingerprint density at radius 2 is 1.92 bits per heavy atom. The first-order valence-corrected chi connectivity index (χ1v) is 4.24. The molecule has 0 amide bonds. The monoisotopic (exact) mass is 218 g/mol. The number of hydrogen-bond donors (Lipinski definition) is 2. The average Bonchev–Trinajstić information content (AvgIpc) is 1.59. The zero-order valence-electron chi connectivity index (χ0n) is 9.85. The van der Waals surface area contributed by atoms with Gasteiger partial charge in [0.05, 0.1) is 6.10 Å². The van der Waals surface area contributed by atoms with Gasteiger partial charge in [-0.15, -0.1) is 0 Å². The van der Waals surface area contributed by atoms with E-state index >= 15 is 0 Å². The van der Waals surface area contributed by atoms with Crippen LogP contribution in [0.25, 0.3) is 0 Å². The normalized spacial score (nSPS) is 14.4. The Morgan fingerprint density at radius 3 is 2.17 bits per heavy atom. The Kier molecular flexibility index (Phi) is 15.7. The summed E-state index contributed by atoms with van der Waals surface area (Å²) >= 11 is 0. The molecule has 0 aliphatic heterocycles. The summed E-state index contributed by atoms with van der Waals surface area (Å²) in [5.74, 6) is 0. The molecule has 0 aliphatic carbocycles. The van der Waals surface area contributed by atoms with Gasteiger partial charge in [-0.3, -0.25) is 9.05 Å². The topological polar surface area (TPSA) is 76.0 Å². The Bertz CT molecular complexity index is 150. The van der Waals surface area contributed by atoms with Gasteiger partial charge in [0.25, 0.3) is 0 Å². The number of hydrogen-bond acceptors (Lipinski definition) is 4. The van der Waals surface area contributed by atoms with Gasteiger partial charge in [0.15, 0.2) is 6.79 Å². The SMILES string of the molecule is CC(C)OP(=O)(O)OCO.[H-].[H-].[Na+].[Na+]. The Balaban J connectivity index is -0.0000000675. The standard InChI is InChI=1S/C4H11O5P.2Na.2H/c1-4(2)9-10(6,7)8-3-5;;;;/h4-5H,3H2,1-2H3,(H,6,7);;;;/q;2*+1;2*-1. The molecule has 0 fully saturated rings. The van der Waals surface area contributed by atoms with Crippen molar-refractivity contribution in [1.82, 2.24) is 0 Å². The molecule has 0 spiro atoms. The quantitative estimate of drug-likeness (QED) is 0.280. The van der Waals surface area contributed by atoms with Gasteiger partial charge in [0.1, 0.15) is 0 Å². The number of aliphatic hydroxyl groups is 1. The second-order valence-corrected chi connectivity index (χ2v) is 3.29. The van der Waals surface area contributed by atoms with Crippen LogP contribution in [0.3, 0.4) is 0 Å². The zero-order chi connectivity index (χ0) is 8.20. The van der Waals surface area contributed by atoms with Crippen LogP contribution >= 0.6 is 7.82 Å². The Morgan fingerprint density at radius 1 is 1.50 bits per heavy atom. The van der Waals surface area contributed by atoms with Gasteiger partial charge in [-0.1, -0.05) is 0 Å². The predicted molar refractivity (Wildman–Crippen MR) is 36.4 cm³/mol. The molecule has 0 aliphatic rings. The number of phosphoric acid groups is 1. The van der Waals surface area contributed by atoms with E-state index in [-0.39, 0.29) is 62.0 Å². The van der Waals surface area contributed by atoms with Gasteiger partial charge in [-0.05, 0) is 13.8 Å². The molecule has 0 rings (SSSR count). The number of rotatable bonds is 4. The number of phosphoric ester groups is 1. The molecule has 0 saturated heterocycles. The average molecular weight is 218 g/mol. The maximum Gasteiger partial charge on any atom is 1.00 e. The third-order valence-corrected chi connectivity index (χ3v) is 1.69. The molecular formula is C4H13Na2O5P. The summed E-state index contributed by atoms with van der Waals surface area (Å²) in [5.41, 5.74) is 0. The fourth-order valence-electron chi connectivity index (χ4n) is 0.370. The van der Waals surface area contributed by atoms with Crippen molar-refractivity contribution in [1.29, 1.82) is 0 Å². The summed E-state index contributed by atoms with van der Waals surface area (Å²) in [6, 6.07) is 0. The van der Waals surface area contributed by atoms with Gasteiger partial charge in [-0.25, -0.2) is 4.57 Å². The molecule has 0 aromatic heterocycles. The van der Waals surface area contributed by atoms with Crippen LogP contribution in [0.2, 0.25) is 0 Å². The zero-order valence-corrected chi connectivity index (χ0v) is 12.7. The molecular weight excluding hydrogens is 205 g/mol. The van der Waals surface area contributed by atoms with Crippen molar-refractivity contribution >= 4 is 7.82 Å². The van der Waals surface area contributed by atoms with Crippen LogP contribution in [0.5, 0.6) is 0 Å². The van der Waals surface area contributed by atoms with E-state index in [2.05, 4.69) is 9.05 Å². The molecule has 1 atom stereocenters. The Hall–Kier alpha value is 2.07. The largest absolute Gasteiger partial charge is 1.00 e. The molecule has 0 aromatic carbocycles. The maximum absolute atomic E-state index is 10.6. The molecule has 0 aromatic rings. The van der Waals surface area contributed by atoms with Crippen molar-refractivity contribution in [3.05, 3.63) is 0 Å². The molecule has 0 radical (unpaired) electrons. The van der Waals surface area contributed by atoms with Gasteiger partial charge in [0.2, 0.25) is 0 Å². The summed E-state index contributed by atoms with van der Waals surface area (Å²) in [6.45, 7) is 2.35. The van der Waals surface area contributed by atoms with Crippen LogP contribution in [-0.2, 0) is 13.6 Å². The minimum atomic E-state index is -4.00. The summed E-state index contributed by atoms with van der Waals surface area (Å²) in [4.78, 5) is 8.64. The van der Waals surface area contributed by atoms with Gasteiger partial charge < -0.3 is 12.9 Å². The summed E-state index contributed by atoms with van der Waals surface area (Å²) in [7, 11) is -4.00. The Labute approximate surface area is 119 Å². The summed E-state index contributed by atoms with van der Waals surface area (Å²) < 4.78 is 19.0. The molecule has 1 unspecified atom stereocenters. The van der Waals surface area contributed by atoms with E-state index in [1.807, 2.05) is 0 Å². The first kappa shape index (κ1) is 19.6. The van der Waals surface area contributed by atoms with Crippen molar-refractivity contribution in [3.8, 4) is 0 Å². The van der Waals surface area contributed by atoms with E-state index in [9.17, 15) is 4.57 Å². The van der Waals surface area contributed by atoms with Crippen LogP contribution in [0.1, 0.15) is 16.7 Å².